The second-order valence-corrected chi connectivity index (χ2v) is 11.5. The smallest absolute Gasteiger partial charge is 0.266 e. The molecule has 4 rings (SSSR count). The van der Waals surface area contributed by atoms with Gasteiger partial charge >= 0.3 is 0 Å². The van der Waals surface area contributed by atoms with Crippen LogP contribution >= 0.6 is 54.5 Å². The van der Waals surface area contributed by atoms with E-state index in [1.807, 2.05) is 60.7 Å². The van der Waals surface area contributed by atoms with Crippen molar-refractivity contribution >= 4 is 72.1 Å². The van der Waals surface area contributed by atoms with Gasteiger partial charge in [-0.2, -0.15) is 5.26 Å². The molecule has 0 fully saturated rings. The van der Waals surface area contributed by atoms with E-state index in [9.17, 15) is 10.1 Å². The van der Waals surface area contributed by atoms with Crippen LogP contribution in [0.5, 0.6) is 17.2 Å². The summed E-state index contributed by atoms with van der Waals surface area (Å²) in [6.07, 6.45) is 1.52. The molecule has 4 aromatic carbocycles. The fraction of sp³-hybridized carbons (Fsp3) is 0.0968. The predicted octanol–water partition coefficient (Wildman–Crippen LogP) is 8.53. The second kappa shape index (κ2) is 14.3. The van der Waals surface area contributed by atoms with Crippen LogP contribution in [0.4, 0.5) is 5.69 Å². The van der Waals surface area contributed by atoms with E-state index >= 15 is 0 Å². The summed E-state index contributed by atoms with van der Waals surface area (Å²) in [5.74, 6) is 1.25. The Morgan fingerprint density at radius 1 is 0.900 bits per heavy atom. The third-order valence-electron chi connectivity index (χ3n) is 5.66. The topological polar surface area (TPSA) is 80.6 Å². The van der Waals surface area contributed by atoms with E-state index in [2.05, 4.69) is 59.8 Å². The van der Waals surface area contributed by atoms with Gasteiger partial charge in [-0.25, -0.2) is 0 Å². The highest BCUT2D eigenvalue weighted by atomic mass is 127. The summed E-state index contributed by atoms with van der Waals surface area (Å²) in [5.41, 5.74) is 3.20. The molecule has 0 bridgehead atoms. The molecule has 0 heterocycles. The molecule has 0 atom stereocenters. The van der Waals surface area contributed by atoms with Crippen LogP contribution in [0.25, 0.3) is 6.08 Å². The van der Waals surface area contributed by atoms with Crippen molar-refractivity contribution in [2.24, 2.45) is 0 Å². The number of nitrogens with zero attached hydrogens (tertiary/aromatic N) is 1. The molecule has 0 aliphatic heterocycles. The summed E-state index contributed by atoms with van der Waals surface area (Å²) in [4.78, 5) is 12.9. The summed E-state index contributed by atoms with van der Waals surface area (Å²) in [6.45, 7) is 0.797. The third-order valence-corrected chi connectivity index (χ3v) is 7.51. The van der Waals surface area contributed by atoms with Crippen molar-refractivity contribution in [1.29, 1.82) is 5.26 Å². The van der Waals surface area contributed by atoms with Crippen molar-refractivity contribution < 1.29 is 19.0 Å². The van der Waals surface area contributed by atoms with Gasteiger partial charge in [0, 0.05) is 14.6 Å². The van der Waals surface area contributed by atoms with Gasteiger partial charge in [0.15, 0.2) is 11.5 Å². The van der Waals surface area contributed by atoms with Crippen molar-refractivity contribution in [3.63, 3.8) is 0 Å². The maximum atomic E-state index is 12.9. The van der Waals surface area contributed by atoms with Gasteiger partial charge in [-0.3, -0.25) is 4.79 Å². The summed E-state index contributed by atoms with van der Waals surface area (Å²) < 4.78 is 20.2. The lowest BCUT2D eigenvalue weighted by atomic mass is 10.1. The molecular weight excluding hydrogens is 751 g/mol. The van der Waals surface area contributed by atoms with Gasteiger partial charge in [0.1, 0.15) is 30.6 Å². The third kappa shape index (κ3) is 8.34. The van der Waals surface area contributed by atoms with Crippen LogP contribution in [0.2, 0.25) is 0 Å². The molecule has 202 valence electrons. The number of anilines is 1. The van der Waals surface area contributed by atoms with E-state index in [0.717, 1.165) is 23.6 Å². The van der Waals surface area contributed by atoms with E-state index < -0.39 is 5.91 Å². The number of methoxy groups -OCH3 is 1. The monoisotopic (exact) mass is 772 g/mol. The molecule has 0 unspecified atom stereocenters. The normalized spacial score (nSPS) is 10.9. The molecule has 1 amide bonds. The zero-order valence-corrected chi connectivity index (χ0v) is 26.6. The second-order valence-electron chi connectivity index (χ2n) is 8.51. The van der Waals surface area contributed by atoms with Crippen LogP contribution in [0.3, 0.4) is 0 Å². The van der Waals surface area contributed by atoms with Crippen molar-refractivity contribution in [2.75, 3.05) is 12.4 Å². The van der Waals surface area contributed by atoms with Crippen LogP contribution in [-0.2, 0) is 18.0 Å². The van der Waals surface area contributed by atoms with E-state index in [0.29, 0.717) is 41.7 Å². The van der Waals surface area contributed by atoms with Crippen molar-refractivity contribution in [1.82, 2.24) is 0 Å². The average Bonchev–Trinajstić information content (AvgIpc) is 2.96. The lowest BCUT2D eigenvalue weighted by molar-refractivity contribution is -0.112. The fourth-order valence-electron chi connectivity index (χ4n) is 3.59. The standard InChI is InChI=1S/C31H23Br2IN2O4/c1-38-29-16-22(15-28(34)30(29)40-19-21-4-8-25(33)9-5-21)14-23(17-35)31(37)36-26-10-12-27(13-11-26)39-18-20-2-6-24(32)7-3-20/h2-16H,18-19H2,1H3,(H,36,37)/b23-14+. The number of rotatable bonds is 10. The number of hydrogen-bond acceptors (Lipinski definition) is 5. The number of benzene rings is 4. The number of ether oxygens (including phenoxy) is 3. The first kappa shape index (κ1) is 29.6. The van der Waals surface area contributed by atoms with Gasteiger partial charge < -0.3 is 19.5 Å². The van der Waals surface area contributed by atoms with Gasteiger partial charge in [-0.15, -0.1) is 0 Å². The lowest BCUT2D eigenvalue weighted by Crippen LogP contribution is -2.13. The first-order chi connectivity index (χ1) is 19.3. The lowest BCUT2D eigenvalue weighted by Gasteiger charge is -2.14. The highest BCUT2D eigenvalue weighted by molar-refractivity contribution is 14.1. The zero-order valence-electron chi connectivity index (χ0n) is 21.3. The van der Waals surface area contributed by atoms with Crippen molar-refractivity contribution in [3.8, 4) is 23.3 Å². The zero-order chi connectivity index (χ0) is 28.5. The van der Waals surface area contributed by atoms with E-state index in [1.165, 1.54) is 6.08 Å². The van der Waals surface area contributed by atoms with Crippen LogP contribution in [0.1, 0.15) is 16.7 Å². The number of amides is 1. The molecule has 4 aromatic rings. The Balaban J connectivity index is 1.41. The number of nitriles is 1. The molecular formula is C31H23Br2IN2O4. The molecule has 40 heavy (non-hydrogen) atoms. The van der Waals surface area contributed by atoms with Gasteiger partial charge in [0.2, 0.25) is 0 Å². The quantitative estimate of drug-likeness (QED) is 0.0994. The minimum atomic E-state index is -0.518. The molecule has 1 N–H and O–H groups in total. The van der Waals surface area contributed by atoms with E-state index in [1.54, 1.807) is 37.4 Å². The Kier molecular flexibility index (Phi) is 10.6. The van der Waals surface area contributed by atoms with Crippen LogP contribution in [-0.4, -0.2) is 13.0 Å². The highest BCUT2D eigenvalue weighted by Crippen LogP contribution is 2.35. The largest absolute Gasteiger partial charge is 0.493 e. The average molecular weight is 774 g/mol. The first-order valence-electron chi connectivity index (χ1n) is 12.0. The summed E-state index contributed by atoms with van der Waals surface area (Å²) >= 11 is 9.00. The van der Waals surface area contributed by atoms with Crippen LogP contribution in [0.15, 0.2) is 99.4 Å². The molecule has 0 spiro atoms. The van der Waals surface area contributed by atoms with Crippen LogP contribution in [0, 0.1) is 14.9 Å². The van der Waals surface area contributed by atoms with Crippen molar-refractivity contribution in [2.45, 2.75) is 13.2 Å². The SMILES string of the molecule is COc1cc(/C=C(\C#N)C(=O)Nc2ccc(OCc3ccc(Br)cc3)cc2)cc(I)c1OCc1ccc(Br)cc1. The summed E-state index contributed by atoms with van der Waals surface area (Å²) in [7, 11) is 1.55. The Morgan fingerprint density at radius 3 is 2.02 bits per heavy atom. The molecule has 0 saturated heterocycles. The molecule has 0 radical (unpaired) electrons. The summed E-state index contributed by atoms with van der Waals surface area (Å²) in [6, 6.07) is 28.3. The Hall–Kier alpha value is -3.33. The first-order valence-corrected chi connectivity index (χ1v) is 14.7. The highest BCUT2D eigenvalue weighted by Gasteiger charge is 2.14. The van der Waals surface area contributed by atoms with Gasteiger partial charge in [-0.05, 0) is 106 Å². The number of carbonyl (C=O) groups excluding carboxylic acids is 1. The molecule has 9 heteroatoms. The number of hydrogen-bond donors (Lipinski definition) is 1. The Morgan fingerprint density at radius 2 is 1.48 bits per heavy atom. The van der Waals surface area contributed by atoms with Crippen molar-refractivity contribution in [3.05, 3.63) is 120 Å². The number of nitrogens with one attached hydrogen (secondary N) is 1. The maximum absolute atomic E-state index is 12.9. The Bertz CT molecular complexity index is 1550. The number of halogens is 3. The number of carbonyl (C=O) groups is 1. The van der Waals surface area contributed by atoms with E-state index in [4.69, 9.17) is 14.2 Å². The molecule has 6 nitrogen and oxygen atoms in total. The van der Waals surface area contributed by atoms with E-state index in [-0.39, 0.29) is 5.57 Å². The minimum absolute atomic E-state index is 0.0445. The molecule has 0 aliphatic rings. The summed E-state index contributed by atoms with van der Waals surface area (Å²) in [5, 5.41) is 12.5. The molecule has 0 aliphatic carbocycles. The van der Waals surface area contributed by atoms with Crippen LogP contribution < -0.4 is 19.5 Å². The fourth-order valence-corrected chi connectivity index (χ4v) is 4.90. The maximum Gasteiger partial charge on any atom is 0.266 e. The van der Waals surface area contributed by atoms with Gasteiger partial charge in [-0.1, -0.05) is 56.1 Å². The predicted molar refractivity (Wildman–Crippen MR) is 171 cm³/mol. The Labute approximate surface area is 263 Å². The van der Waals surface area contributed by atoms with Gasteiger partial charge in [0.25, 0.3) is 5.91 Å². The minimum Gasteiger partial charge on any atom is -0.493 e. The molecule has 0 aromatic heterocycles. The molecule has 0 saturated carbocycles. The van der Waals surface area contributed by atoms with Gasteiger partial charge in [0.05, 0.1) is 10.7 Å².